The van der Waals surface area contributed by atoms with Crippen LogP contribution in [0.25, 0.3) is 0 Å². The summed E-state index contributed by atoms with van der Waals surface area (Å²) in [6.45, 7) is 4.83. The average molecular weight is 304 g/mol. The predicted octanol–water partition coefficient (Wildman–Crippen LogP) is 3.15. The highest BCUT2D eigenvalue weighted by Crippen LogP contribution is 2.25. The molecule has 1 aromatic carbocycles. The fourth-order valence-electron chi connectivity index (χ4n) is 1.60. The van der Waals surface area contributed by atoms with Crippen LogP contribution in [0.3, 0.4) is 0 Å². The van der Waals surface area contributed by atoms with Crippen molar-refractivity contribution in [1.82, 2.24) is 0 Å². The Morgan fingerprint density at radius 3 is 2.65 bits per heavy atom. The van der Waals surface area contributed by atoms with E-state index in [0.29, 0.717) is 18.9 Å². The molecule has 1 heterocycles. The number of hydrogen-bond acceptors (Lipinski definition) is 3. The Labute approximate surface area is 108 Å². The molecular weight excluding hydrogens is 289 g/mol. The highest BCUT2D eigenvalue weighted by molar-refractivity contribution is 9.10. The topological polar surface area (TPSA) is 30.5 Å². The van der Waals surface area contributed by atoms with Crippen LogP contribution in [0.4, 0.5) is 10.1 Å². The maximum absolute atomic E-state index is 13.1. The lowest BCUT2D eigenvalue weighted by atomic mass is 10.2. The molecule has 2 rings (SSSR count). The summed E-state index contributed by atoms with van der Waals surface area (Å²) in [7, 11) is 0. The number of anilines is 1. The van der Waals surface area contributed by atoms with Gasteiger partial charge in [-0.1, -0.05) is 0 Å². The van der Waals surface area contributed by atoms with E-state index in [4.69, 9.17) is 9.47 Å². The molecule has 0 aromatic heterocycles. The van der Waals surface area contributed by atoms with Gasteiger partial charge in [-0.15, -0.1) is 0 Å². The van der Waals surface area contributed by atoms with E-state index in [0.717, 1.165) is 4.47 Å². The van der Waals surface area contributed by atoms with Crippen LogP contribution in [0.15, 0.2) is 22.7 Å². The zero-order chi connectivity index (χ0) is 12.5. The minimum absolute atomic E-state index is 0.0288. The third-order valence-corrected chi connectivity index (χ3v) is 3.24. The highest BCUT2D eigenvalue weighted by atomic mass is 79.9. The van der Waals surface area contributed by atoms with Crippen molar-refractivity contribution in [3.63, 3.8) is 0 Å². The summed E-state index contributed by atoms with van der Waals surface area (Å²) in [5.41, 5.74) is 0.710. The quantitative estimate of drug-likeness (QED) is 0.910. The summed E-state index contributed by atoms with van der Waals surface area (Å²) in [5, 5.41) is 3.19. The largest absolute Gasteiger partial charge is 0.377 e. The molecule has 0 saturated carbocycles. The summed E-state index contributed by atoms with van der Waals surface area (Å²) in [6.07, 6.45) is 0. The maximum atomic E-state index is 13.1. The Morgan fingerprint density at radius 2 is 2.00 bits per heavy atom. The zero-order valence-corrected chi connectivity index (χ0v) is 11.4. The van der Waals surface area contributed by atoms with Gasteiger partial charge in [0.15, 0.2) is 5.79 Å². The number of rotatable bonds is 2. The Morgan fingerprint density at radius 1 is 1.35 bits per heavy atom. The molecule has 1 saturated heterocycles. The monoisotopic (exact) mass is 303 g/mol. The molecule has 17 heavy (non-hydrogen) atoms. The van der Waals surface area contributed by atoms with E-state index in [1.165, 1.54) is 12.1 Å². The molecule has 0 atom stereocenters. The Bertz CT molecular complexity index is 401. The first-order valence-electron chi connectivity index (χ1n) is 5.46. The Hall–Kier alpha value is -0.650. The second-order valence-corrected chi connectivity index (χ2v) is 5.34. The summed E-state index contributed by atoms with van der Waals surface area (Å²) < 4.78 is 25.0. The third kappa shape index (κ3) is 3.40. The van der Waals surface area contributed by atoms with Gasteiger partial charge in [0.2, 0.25) is 0 Å². The van der Waals surface area contributed by atoms with Gasteiger partial charge >= 0.3 is 0 Å². The first-order valence-corrected chi connectivity index (χ1v) is 6.25. The van der Waals surface area contributed by atoms with Crippen LogP contribution in [0.1, 0.15) is 13.8 Å². The molecular formula is C12H15BrFNO2. The van der Waals surface area contributed by atoms with E-state index >= 15 is 0 Å². The van der Waals surface area contributed by atoms with Crippen molar-refractivity contribution in [3.05, 3.63) is 28.5 Å². The maximum Gasteiger partial charge on any atom is 0.162 e. The number of benzene rings is 1. The molecule has 94 valence electrons. The van der Waals surface area contributed by atoms with Crippen molar-refractivity contribution in [3.8, 4) is 0 Å². The van der Waals surface area contributed by atoms with E-state index in [-0.39, 0.29) is 11.9 Å². The molecule has 0 unspecified atom stereocenters. The highest BCUT2D eigenvalue weighted by Gasteiger charge is 2.28. The molecule has 0 aliphatic carbocycles. The number of ether oxygens (including phenoxy) is 2. The predicted molar refractivity (Wildman–Crippen MR) is 67.5 cm³/mol. The minimum atomic E-state index is -0.530. The van der Waals surface area contributed by atoms with Crippen molar-refractivity contribution >= 4 is 21.6 Å². The molecule has 1 N–H and O–H groups in total. The van der Waals surface area contributed by atoms with Gasteiger partial charge in [-0.05, 0) is 48.0 Å². The van der Waals surface area contributed by atoms with Crippen molar-refractivity contribution in [2.75, 3.05) is 18.5 Å². The van der Waals surface area contributed by atoms with Gasteiger partial charge in [0, 0.05) is 4.47 Å². The van der Waals surface area contributed by atoms with E-state index in [1.807, 2.05) is 13.8 Å². The van der Waals surface area contributed by atoms with Gasteiger partial charge in [0.05, 0.1) is 24.9 Å². The molecule has 1 aliphatic rings. The molecule has 0 spiro atoms. The minimum Gasteiger partial charge on any atom is -0.377 e. The first kappa shape index (κ1) is 12.8. The Balaban J connectivity index is 2.00. The molecule has 3 nitrogen and oxygen atoms in total. The van der Waals surface area contributed by atoms with Crippen LogP contribution < -0.4 is 5.32 Å². The Kier molecular flexibility index (Phi) is 3.70. The van der Waals surface area contributed by atoms with Gasteiger partial charge in [-0.25, -0.2) is 4.39 Å². The fourth-order valence-corrected chi connectivity index (χ4v) is 1.96. The SMILES string of the molecule is CC1(C)OCC(Nc2cc(F)ccc2Br)CO1. The molecule has 0 radical (unpaired) electrons. The standard InChI is InChI=1S/C12H15BrFNO2/c1-12(2)16-6-9(7-17-12)15-11-5-8(14)3-4-10(11)13/h3-5,9,15H,6-7H2,1-2H3. The number of nitrogens with one attached hydrogen (secondary N) is 1. The van der Waals surface area contributed by atoms with Crippen LogP contribution in [0, 0.1) is 5.82 Å². The normalized spacial score (nSPS) is 20.2. The van der Waals surface area contributed by atoms with E-state index < -0.39 is 5.79 Å². The van der Waals surface area contributed by atoms with Gasteiger partial charge in [-0.2, -0.15) is 0 Å². The van der Waals surface area contributed by atoms with Gasteiger partial charge in [0.25, 0.3) is 0 Å². The van der Waals surface area contributed by atoms with Gasteiger partial charge in [0.1, 0.15) is 5.82 Å². The summed E-state index contributed by atoms with van der Waals surface area (Å²) in [6, 6.07) is 4.56. The van der Waals surface area contributed by atoms with E-state index in [1.54, 1.807) is 6.07 Å². The van der Waals surface area contributed by atoms with E-state index in [2.05, 4.69) is 21.2 Å². The average Bonchev–Trinajstić information content (AvgIpc) is 2.26. The summed E-state index contributed by atoms with van der Waals surface area (Å²) in [4.78, 5) is 0. The molecule has 1 fully saturated rings. The van der Waals surface area contributed by atoms with Crippen molar-refractivity contribution in [1.29, 1.82) is 0 Å². The molecule has 5 heteroatoms. The van der Waals surface area contributed by atoms with Crippen molar-refractivity contribution in [2.45, 2.75) is 25.7 Å². The number of halogens is 2. The molecule has 0 bridgehead atoms. The fraction of sp³-hybridized carbons (Fsp3) is 0.500. The lowest BCUT2D eigenvalue weighted by Gasteiger charge is -2.35. The number of hydrogen-bond donors (Lipinski definition) is 1. The summed E-state index contributed by atoms with van der Waals surface area (Å²) >= 11 is 3.37. The van der Waals surface area contributed by atoms with Crippen molar-refractivity contribution in [2.24, 2.45) is 0 Å². The van der Waals surface area contributed by atoms with Crippen LogP contribution in [0.5, 0.6) is 0 Å². The molecule has 1 aliphatic heterocycles. The van der Waals surface area contributed by atoms with Crippen LogP contribution in [-0.2, 0) is 9.47 Å². The summed E-state index contributed by atoms with van der Waals surface area (Å²) in [5.74, 6) is -0.800. The van der Waals surface area contributed by atoms with Gasteiger partial charge < -0.3 is 14.8 Å². The van der Waals surface area contributed by atoms with Crippen molar-refractivity contribution < 1.29 is 13.9 Å². The molecule has 0 amide bonds. The van der Waals surface area contributed by atoms with Crippen LogP contribution in [-0.4, -0.2) is 25.0 Å². The second kappa shape index (κ2) is 4.92. The molecule has 1 aromatic rings. The smallest absolute Gasteiger partial charge is 0.162 e. The first-order chi connectivity index (χ1) is 7.96. The lowest BCUT2D eigenvalue weighted by molar-refractivity contribution is -0.247. The zero-order valence-electron chi connectivity index (χ0n) is 9.80. The lowest BCUT2D eigenvalue weighted by Crippen LogP contribution is -2.45. The van der Waals surface area contributed by atoms with Crippen LogP contribution in [0.2, 0.25) is 0 Å². The van der Waals surface area contributed by atoms with E-state index in [9.17, 15) is 4.39 Å². The third-order valence-electron chi connectivity index (χ3n) is 2.55. The van der Waals surface area contributed by atoms with Crippen LogP contribution >= 0.6 is 15.9 Å². The van der Waals surface area contributed by atoms with Gasteiger partial charge in [-0.3, -0.25) is 0 Å². The second-order valence-electron chi connectivity index (χ2n) is 4.49.